The first-order chi connectivity index (χ1) is 4.81. The summed E-state index contributed by atoms with van der Waals surface area (Å²) in [5.41, 5.74) is 0.249. The van der Waals surface area contributed by atoms with Crippen molar-refractivity contribution in [2.45, 2.75) is 37.8 Å². The van der Waals surface area contributed by atoms with Crippen molar-refractivity contribution in [3.05, 3.63) is 0 Å². The number of rotatable bonds is 0. The summed E-state index contributed by atoms with van der Waals surface area (Å²) in [5.74, 6) is 0. The number of hydrogen-bond acceptors (Lipinski definition) is 2. The van der Waals surface area contributed by atoms with Crippen LogP contribution in [-0.2, 0) is 4.74 Å². The van der Waals surface area contributed by atoms with Gasteiger partial charge in [0.1, 0.15) is 0 Å². The average Bonchev–Trinajstić information content (AvgIpc) is 2.46. The normalized spacial score (nSPS) is 47.1. The van der Waals surface area contributed by atoms with E-state index >= 15 is 0 Å². The van der Waals surface area contributed by atoms with Crippen LogP contribution in [0.2, 0.25) is 0 Å². The van der Waals surface area contributed by atoms with E-state index in [2.05, 4.69) is 12.2 Å². The van der Waals surface area contributed by atoms with E-state index in [1.807, 2.05) is 0 Å². The molecule has 0 aromatic rings. The first-order valence-electron chi connectivity index (χ1n) is 4.18. The van der Waals surface area contributed by atoms with Crippen LogP contribution < -0.4 is 5.32 Å². The summed E-state index contributed by atoms with van der Waals surface area (Å²) in [4.78, 5) is 0. The van der Waals surface area contributed by atoms with E-state index in [0.717, 1.165) is 13.2 Å². The third-order valence-electron chi connectivity index (χ3n) is 2.64. The zero-order chi connectivity index (χ0) is 7.03. The second-order valence-corrected chi connectivity index (χ2v) is 3.62. The maximum atomic E-state index is 5.71. The van der Waals surface area contributed by atoms with Gasteiger partial charge in [0.05, 0.1) is 5.60 Å². The maximum Gasteiger partial charge on any atom is 0.0821 e. The van der Waals surface area contributed by atoms with E-state index in [-0.39, 0.29) is 5.60 Å². The highest BCUT2D eigenvalue weighted by Gasteiger charge is 2.40. The first kappa shape index (κ1) is 6.62. The highest BCUT2D eigenvalue weighted by atomic mass is 16.5. The number of hydrogen-bond donors (Lipinski definition) is 1. The van der Waals surface area contributed by atoms with Crippen LogP contribution in [0.5, 0.6) is 0 Å². The van der Waals surface area contributed by atoms with E-state index < -0.39 is 0 Å². The fourth-order valence-corrected chi connectivity index (χ4v) is 2.12. The van der Waals surface area contributed by atoms with Crippen LogP contribution in [-0.4, -0.2) is 24.8 Å². The van der Waals surface area contributed by atoms with Crippen molar-refractivity contribution in [2.24, 2.45) is 0 Å². The molecule has 2 rings (SSSR count). The van der Waals surface area contributed by atoms with Gasteiger partial charge in [-0.05, 0) is 26.2 Å². The highest BCUT2D eigenvalue weighted by Crippen LogP contribution is 2.33. The maximum absolute atomic E-state index is 5.71. The summed E-state index contributed by atoms with van der Waals surface area (Å²) in [5, 5.41) is 3.43. The fourth-order valence-electron chi connectivity index (χ4n) is 2.12. The molecule has 0 amide bonds. The molecule has 2 aliphatic heterocycles. The minimum Gasteiger partial charge on any atom is -0.374 e. The molecule has 2 saturated heterocycles. The van der Waals surface area contributed by atoms with E-state index in [4.69, 9.17) is 4.74 Å². The van der Waals surface area contributed by atoms with Crippen LogP contribution in [0.3, 0.4) is 0 Å². The molecular weight excluding hydrogens is 126 g/mol. The Balaban J connectivity index is 2.03. The molecule has 2 heteroatoms. The molecule has 0 aromatic carbocycles. The van der Waals surface area contributed by atoms with Gasteiger partial charge in [-0.25, -0.2) is 0 Å². The van der Waals surface area contributed by atoms with Crippen molar-refractivity contribution in [1.29, 1.82) is 0 Å². The van der Waals surface area contributed by atoms with Crippen molar-refractivity contribution in [2.75, 3.05) is 13.2 Å². The number of ether oxygens (including phenoxy) is 1. The van der Waals surface area contributed by atoms with Crippen molar-refractivity contribution in [3.8, 4) is 0 Å². The van der Waals surface area contributed by atoms with Gasteiger partial charge in [-0.1, -0.05) is 0 Å². The predicted molar refractivity (Wildman–Crippen MR) is 40.0 cm³/mol. The van der Waals surface area contributed by atoms with Crippen LogP contribution in [0.15, 0.2) is 0 Å². The van der Waals surface area contributed by atoms with Gasteiger partial charge in [0.15, 0.2) is 0 Å². The predicted octanol–water partition coefficient (Wildman–Crippen LogP) is 0.917. The van der Waals surface area contributed by atoms with E-state index in [1.165, 1.54) is 19.3 Å². The molecule has 2 fully saturated rings. The monoisotopic (exact) mass is 141 g/mol. The largest absolute Gasteiger partial charge is 0.374 e. The Morgan fingerprint density at radius 1 is 1.60 bits per heavy atom. The summed E-state index contributed by atoms with van der Waals surface area (Å²) in [6.07, 6.45) is 3.74. The van der Waals surface area contributed by atoms with Gasteiger partial charge in [0.25, 0.3) is 0 Å². The fraction of sp³-hybridized carbons (Fsp3) is 1.00. The molecule has 2 aliphatic rings. The summed E-state index contributed by atoms with van der Waals surface area (Å²) < 4.78 is 5.71. The van der Waals surface area contributed by atoms with Crippen LogP contribution in [0.25, 0.3) is 0 Å². The average molecular weight is 141 g/mol. The minimum absolute atomic E-state index is 0.249. The summed E-state index contributed by atoms with van der Waals surface area (Å²) in [6, 6.07) is 0.665. The van der Waals surface area contributed by atoms with Crippen molar-refractivity contribution in [3.63, 3.8) is 0 Å². The van der Waals surface area contributed by atoms with Crippen LogP contribution in [0.1, 0.15) is 26.2 Å². The summed E-state index contributed by atoms with van der Waals surface area (Å²) in [7, 11) is 0. The number of nitrogens with one attached hydrogen (secondary N) is 1. The molecule has 0 bridgehead atoms. The Morgan fingerprint density at radius 3 is 3.00 bits per heavy atom. The van der Waals surface area contributed by atoms with Crippen molar-refractivity contribution >= 4 is 0 Å². The molecule has 0 aromatic heterocycles. The molecule has 2 heterocycles. The standard InChI is InChI=1S/C8H15NO/c1-7-5-8(6-9-7)3-2-4-10-8/h7,9H,2-6H2,1H3. The zero-order valence-electron chi connectivity index (χ0n) is 6.52. The SMILES string of the molecule is CC1CC2(CCCO2)CN1. The Hall–Kier alpha value is -0.0800. The zero-order valence-corrected chi connectivity index (χ0v) is 6.52. The molecule has 0 aliphatic carbocycles. The molecular formula is C8H15NO. The highest BCUT2D eigenvalue weighted by molar-refractivity contribution is 4.96. The van der Waals surface area contributed by atoms with Gasteiger partial charge in [0, 0.05) is 19.2 Å². The summed E-state index contributed by atoms with van der Waals surface area (Å²) >= 11 is 0. The van der Waals surface area contributed by atoms with Gasteiger partial charge in [-0.15, -0.1) is 0 Å². The summed E-state index contributed by atoms with van der Waals surface area (Å²) in [6.45, 7) is 4.29. The minimum atomic E-state index is 0.249. The van der Waals surface area contributed by atoms with Gasteiger partial charge in [-0.3, -0.25) is 0 Å². The smallest absolute Gasteiger partial charge is 0.0821 e. The van der Waals surface area contributed by atoms with E-state index in [9.17, 15) is 0 Å². The Labute approximate surface area is 61.9 Å². The lowest BCUT2D eigenvalue weighted by atomic mass is 9.97. The Bertz CT molecular complexity index is 129. The quantitative estimate of drug-likeness (QED) is 0.541. The topological polar surface area (TPSA) is 21.3 Å². The molecule has 2 atom stereocenters. The molecule has 1 spiro atoms. The van der Waals surface area contributed by atoms with Gasteiger partial charge < -0.3 is 10.1 Å². The second kappa shape index (κ2) is 2.21. The lowest BCUT2D eigenvalue weighted by molar-refractivity contribution is 0.0200. The van der Waals surface area contributed by atoms with Crippen molar-refractivity contribution in [1.82, 2.24) is 5.32 Å². The molecule has 0 radical (unpaired) electrons. The lowest BCUT2D eigenvalue weighted by Crippen LogP contribution is -2.29. The van der Waals surface area contributed by atoms with Gasteiger partial charge >= 0.3 is 0 Å². The van der Waals surface area contributed by atoms with Crippen LogP contribution >= 0.6 is 0 Å². The lowest BCUT2D eigenvalue weighted by Gasteiger charge is -2.20. The molecule has 2 nitrogen and oxygen atoms in total. The molecule has 2 unspecified atom stereocenters. The molecule has 1 N–H and O–H groups in total. The molecule has 10 heavy (non-hydrogen) atoms. The first-order valence-corrected chi connectivity index (χ1v) is 4.18. The van der Waals surface area contributed by atoms with Crippen LogP contribution in [0, 0.1) is 0 Å². The third kappa shape index (κ3) is 0.956. The van der Waals surface area contributed by atoms with Gasteiger partial charge in [0.2, 0.25) is 0 Å². The van der Waals surface area contributed by atoms with E-state index in [0.29, 0.717) is 6.04 Å². The molecule has 0 saturated carbocycles. The van der Waals surface area contributed by atoms with Gasteiger partial charge in [-0.2, -0.15) is 0 Å². The third-order valence-corrected chi connectivity index (χ3v) is 2.64. The van der Waals surface area contributed by atoms with Crippen molar-refractivity contribution < 1.29 is 4.74 Å². The Morgan fingerprint density at radius 2 is 2.50 bits per heavy atom. The molecule has 58 valence electrons. The van der Waals surface area contributed by atoms with E-state index in [1.54, 1.807) is 0 Å². The van der Waals surface area contributed by atoms with Crippen LogP contribution in [0.4, 0.5) is 0 Å². The second-order valence-electron chi connectivity index (χ2n) is 3.62. The Kier molecular flexibility index (Phi) is 1.46.